The first-order chi connectivity index (χ1) is 5.62. The van der Waals surface area contributed by atoms with Gasteiger partial charge in [0.25, 0.3) is 0 Å². The quantitative estimate of drug-likeness (QED) is 0.372. The van der Waals surface area contributed by atoms with Gasteiger partial charge in [-0.1, -0.05) is 11.6 Å². The molecule has 0 aliphatic carbocycles. The Morgan fingerprint density at radius 3 is 2.83 bits per heavy atom. The van der Waals surface area contributed by atoms with Gasteiger partial charge in [0.15, 0.2) is 0 Å². The summed E-state index contributed by atoms with van der Waals surface area (Å²) in [5.74, 6) is 0. The number of hydrogen-bond acceptors (Lipinski definition) is 2. The van der Waals surface area contributed by atoms with Crippen LogP contribution in [0.25, 0.3) is 0 Å². The van der Waals surface area contributed by atoms with Crippen LogP contribution in [0.1, 0.15) is 20.8 Å². The number of ether oxygens (including phenoxy) is 1. The molecule has 3 heteroatoms. The lowest BCUT2D eigenvalue weighted by Crippen LogP contribution is -2.28. The summed E-state index contributed by atoms with van der Waals surface area (Å²) in [5.41, 5.74) is 1.43. The van der Waals surface area contributed by atoms with Gasteiger partial charge in [-0.05, 0) is 26.8 Å². The first-order valence-corrected chi connectivity index (χ1v) is 4.79. The van der Waals surface area contributed by atoms with E-state index in [1.807, 2.05) is 6.92 Å². The van der Waals surface area contributed by atoms with Crippen LogP contribution in [0.4, 0.5) is 0 Å². The van der Waals surface area contributed by atoms with Crippen molar-refractivity contribution < 1.29 is 4.74 Å². The van der Waals surface area contributed by atoms with Crippen LogP contribution in [-0.4, -0.2) is 28.7 Å². The van der Waals surface area contributed by atoms with Crippen LogP contribution >= 0.6 is 11.6 Å². The van der Waals surface area contributed by atoms with E-state index in [-0.39, 0.29) is 17.1 Å². The smallest absolute Gasteiger partial charge is 0.130 e. The van der Waals surface area contributed by atoms with Gasteiger partial charge in [-0.2, -0.15) is 0 Å². The number of fused-ring (bicyclic) bond motifs is 1. The minimum atomic E-state index is 0.0433. The van der Waals surface area contributed by atoms with Crippen molar-refractivity contribution in [2.45, 2.75) is 37.9 Å². The Kier molecular flexibility index (Phi) is 1.67. The highest BCUT2D eigenvalue weighted by Crippen LogP contribution is 2.54. The van der Waals surface area contributed by atoms with Crippen LogP contribution < -0.4 is 0 Å². The fourth-order valence-electron chi connectivity index (χ4n) is 2.06. The molecule has 1 fully saturated rings. The molecule has 68 valence electrons. The topological polar surface area (TPSA) is 12.2 Å². The third kappa shape index (κ3) is 0.798. The van der Waals surface area contributed by atoms with Gasteiger partial charge in [0, 0.05) is 12.3 Å². The molecular formula is C9H14ClNO. The van der Waals surface area contributed by atoms with E-state index in [1.54, 1.807) is 0 Å². The van der Waals surface area contributed by atoms with Crippen molar-refractivity contribution in [1.29, 1.82) is 0 Å². The second-order valence-electron chi connectivity index (χ2n) is 3.62. The van der Waals surface area contributed by atoms with Gasteiger partial charge < -0.3 is 9.64 Å². The number of rotatable bonds is 2. The molecule has 0 radical (unpaired) electrons. The molecule has 0 saturated carbocycles. The molecule has 0 aromatic carbocycles. The van der Waals surface area contributed by atoms with Crippen molar-refractivity contribution in [1.82, 2.24) is 4.90 Å². The second-order valence-corrected chi connectivity index (χ2v) is 4.03. The minimum absolute atomic E-state index is 0.0433. The fourth-order valence-corrected chi connectivity index (χ4v) is 2.60. The second kappa shape index (κ2) is 2.39. The van der Waals surface area contributed by atoms with Crippen LogP contribution in [0.2, 0.25) is 0 Å². The predicted molar refractivity (Wildman–Crippen MR) is 49.1 cm³/mol. The average Bonchev–Trinajstić information content (AvgIpc) is 2.44. The Balaban J connectivity index is 2.17. The van der Waals surface area contributed by atoms with Crippen molar-refractivity contribution >= 4 is 11.6 Å². The van der Waals surface area contributed by atoms with E-state index in [1.165, 1.54) is 5.70 Å². The Morgan fingerprint density at radius 2 is 2.42 bits per heavy atom. The van der Waals surface area contributed by atoms with Crippen LogP contribution in [0.5, 0.6) is 0 Å². The van der Waals surface area contributed by atoms with E-state index in [2.05, 4.69) is 24.8 Å². The van der Waals surface area contributed by atoms with E-state index < -0.39 is 0 Å². The third-order valence-electron chi connectivity index (χ3n) is 2.86. The van der Waals surface area contributed by atoms with E-state index in [0.717, 1.165) is 6.61 Å². The third-order valence-corrected chi connectivity index (χ3v) is 3.49. The predicted octanol–water partition coefficient (Wildman–Crippen LogP) is 1.95. The zero-order chi connectivity index (χ0) is 8.93. The Morgan fingerprint density at radius 1 is 1.75 bits per heavy atom. The Labute approximate surface area is 78.1 Å². The molecular weight excluding hydrogens is 174 g/mol. The molecule has 0 amide bonds. The van der Waals surface area contributed by atoms with E-state index in [4.69, 9.17) is 16.3 Å². The van der Waals surface area contributed by atoms with Crippen LogP contribution in [0.15, 0.2) is 11.8 Å². The Hall–Kier alpha value is -0.210. The molecule has 2 aliphatic heterocycles. The zero-order valence-corrected chi connectivity index (χ0v) is 8.43. The maximum Gasteiger partial charge on any atom is 0.130 e. The molecule has 0 N–H and O–H groups in total. The summed E-state index contributed by atoms with van der Waals surface area (Å²) in [5, 5.41) is 0. The summed E-state index contributed by atoms with van der Waals surface area (Å²) in [4.78, 5) is 2.20. The summed E-state index contributed by atoms with van der Waals surface area (Å²) in [6.07, 6.45) is 2.34. The Bertz CT molecular complexity index is 241. The average molecular weight is 188 g/mol. The minimum Gasteiger partial charge on any atom is -0.372 e. The van der Waals surface area contributed by atoms with Gasteiger partial charge in [-0.15, -0.1) is 0 Å². The normalized spacial score (nSPS) is 44.3. The van der Waals surface area contributed by atoms with Crippen molar-refractivity contribution in [2.75, 3.05) is 6.61 Å². The lowest BCUT2D eigenvalue weighted by molar-refractivity contribution is 0.0704. The van der Waals surface area contributed by atoms with Crippen molar-refractivity contribution in [3.8, 4) is 0 Å². The van der Waals surface area contributed by atoms with E-state index >= 15 is 0 Å². The molecule has 2 heterocycles. The molecule has 0 aromatic heterocycles. The highest BCUT2D eigenvalue weighted by atomic mass is 35.5. The molecule has 2 aliphatic rings. The van der Waals surface area contributed by atoms with Gasteiger partial charge in [0.2, 0.25) is 0 Å². The molecule has 12 heavy (non-hydrogen) atoms. The summed E-state index contributed by atoms with van der Waals surface area (Å²) in [7, 11) is 0. The highest BCUT2D eigenvalue weighted by Gasteiger charge is 2.66. The largest absolute Gasteiger partial charge is 0.372 e. The number of nitrogens with zero attached hydrogens (tertiary/aromatic N) is 1. The number of alkyl halides is 1. The van der Waals surface area contributed by atoms with E-state index in [9.17, 15) is 0 Å². The van der Waals surface area contributed by atoms with Gasteiger partial charge in [-0.25, -0.2) is 0 Å². The molecule has 0 bridgehead atoms. The molecule has 3 unspecified atom stereocenters. The summed E-state index contributed by atoms with van der Waals surface area (Å²) in [6.45, 7) is 7.00. The molecule has 2 nitrogen and oxygen atoms in total. The van der Waals surface area contributed by atoms with Crippen molar-refractivity contribution in [3.05, 3.63) is 11.8 Å². The maximum absolute atomic E-state index is 6.13. The number of allylic oxidation sites excluding steroid dienone is 1. The fraction of sp³-hybridized carbons (Fsp3) is 0.778. The molecule has 3 atom stereocenters. The monoisotopic (exact) mass is 187 g/mol. The van der Waals surface area contributed by atoms with E-state index in [0.29, 0.717) is 0 Å². The van der Waals surface area contributed by atoms with Gasteiger partial charge in [-0.3, -0.25) is 0 Å². The van der Waals surface area contributed by atoms with Crippen molar-refractivity contribution in [2.24, 2.45) is 0 Å². The standard InChI is InChI=1S/C9H14ClNO/c1-4-12-7-5-6(2)11-8(10)9(7,11)3/h5,7-8H,4H2,1-3H3. The molecule has 0 spiro atoms. The highest BCUT2D eigenvalue weighted by molar-refractivity contribution is 6.23. The van der Waals surface area contributed by atoms with Gasteiger partial charge >= 0.3 is 0 Å². The van der Waals surface area contributed by atoms with Crippen LogP contribution in [0, 0.1) is 0 Å². The first kappa shape index (κ1) is 8.39. The first-order valence-electron chi connectivity index (χ1n) is 4.35. The maximum atomic E-state index is 6.13. The number of halogens is 1. The summed E-state index contributed by atoms with van der Waals surface area (Å²) >= 11 is 6.13. The lowest BCUT2D eigenvalue weighted by Gasteiger charge is -2.15. The number of hydrogen-bond donors (Lipinski definition) is 0. The summed E-state index contributed by atoms with van der Waals surface area (Å²) in [6, 6.07) is 0. The van der Waals surface area contributed by atoms with Crippen LogP contribution in [-0.2, 0) is 4.74 Å². The molecule has 0 aromatic rings. The SMILES string of the molecule is CCOC1C=C(C)N2C(Cl)C12C. The summed E-state index contributed by atoms with van der Waals surface area (Å²) < 4.78 is 5.60. The van der Waals surface area contributed by atoms with Gasteiger partial charge in [0.1, 0.15) is 17.1 Å². The van der Waals surface area contributed by atoms with Crippen LogP contribution in [0.3, 0.4) is 0 Å². The molecule has 2 rings (SSSR count). The van der Waals surface area contributed by atoms with Crippen molar-refractivity contribution in [3.63, 3.8) is 0 Å². The lowest BCUT2D eigenvalue weighted by atomic mass is 10.1. The van der Waals surface area contributed by atoms with Gasteiger partial charge in [0.05, 0.1) is 0 Å². The molecule has 1 saturated heterocycles. The zero-order valence-electron chi connectivity index (χ0n) is 7.67.